The zero-order chi connectivity index (χ0) is 25.4. The highest BCUT2D eigenvalue weighted by molar-refractivity contribution is 6.30. The number of carbonyl (C=O) groups is 4. The Kier molecular flexibility index (Phi) is 6.70. The van der Waals surface area contributed by atoms with E-state index in [1.165, 1.54) is 23.7 Å². The Morgan fingerprint density at radius 3 is 2.53 bits per heavy atom. The summed E-state index contributed by atoms with van der Waals surface area (Å²) in [4.78, 5) is 50.3. The molecule has 12 heteroatoms. The molecule has 34 heavy (non-hydrogen) atoms. The van der Waals surface area contributed by atoms with Crippen LogP contribution in [0.25, 0.3) is 0 Å². The monoisotopic (exact) mass is 493 g/mol. The van der Waals surface area contributed by atoms with Crippen molar-refractivity contribution in [1.29, 1.82) is 0 Å². The molecule has 1 aliphatic heterocycles. The van der Waals surface area contributed by atoms with E-state index in [1.54, 1.807) is 13.1 Å². The van der Waals surface area contributed by atoms with Gasteiger partial charge in [-0.25, -0.2) is 9.18 Å². The van der Waals surface area contributed by atoms with E-state index in [9.17, 15) is 23.6 Å². The van der Waals surface area contributed by atoms with Gasteiger partial charge in [0.25, 0.3) is 11.8 Å². The maximum Gasteiger partial charge on any atom is 0.326 e. The number of ether oxygens (including phenoxy) is 1. The molecule has 0 spiro atoms. The number of esters is 1. The number of hydrogen-bond acceptors (Lipinski definition) is 6. The lowest BCUT2D eigenvalue weighted by atomic mass is 9.92. The lowest BCUT2D eigenvalue weighted by Gasteiger charge is -2.22. The summed E-state index contributed by atoms with van der Waals surface area (Å²) in [5, 5.41) is 9.20. The van der Waals surface area contributed by atoms with Gasteiger partial charge in [0.05, 0.1) is 10.7 Å². The highest BCUT2D eigenvalue weighted by atomic mass is 35.5. The molecule has 1 aromatic heterocycles. The van der Waals surface area contributed by atoms with Crippen LogP contribution in [0.3, 0.4) is 0 Å². The van der Waals surface area contributed by atoms with E-state index in [0.29, 0.717) is 10.7 Å². The highest BCUT2D eigenvalue weighted by Crippen LogP contribution is 2.31. The molecule has 2 N–H and O–H groups in total. The largest absolute Gasteiger partial charge is 0.454 e. The third kappa shape index (κ3) is 5.04. The van der Waals surface area contributed by atoms with Gasteiger partial charge in [-0.05, 0) is 24.6 Å². The van der Waals surface area contributed by atoms with E-state index in [-0.39, 0.29) is 16.0 Å². The van der Waals surface area contributed by atoms with Crippen molar-refractivity contribution in [3.63, 3.8) is 0 Å². The van der Waals surface area contributed by atoms with E-state index in [1.807, 2.05) is 20.8 Å². The lowest BCUT2D eigenvalue weighted by Crippen LogP contribution is -2.41. The van der Waals surface area contributed by atoms with E-state index < -0.39 is 48.3 Å². The number of aromatic nitrogens is 2. The Morgan fingerprint density at radius 2 is 1.94 bits per heavy atom. The van der Waals surface area contributed by atoms with Gasteiger partial charge in [-0.2, -0.15) is 5.10 Å². The first kappa shape index (κ1) is 25.2. The van der Waals surface area contributed by atoms with Gasteiger partial charge in [0.1, 0.15) is 23.7 Å². The fraction of sp³-hybridized carbons (Fsp3) is 0.409. The normalized spacial score (nSPS) is 18.1. The fourth-order valence-electron chi connectivity index (χ4n) is 3.29. The number of aryl methyl sites for hydroxylation is 1. The summed E-state index contributed by atoms with van der Waals surface area (Å²) >= 11 is 5.79. The first-order chi connectivity index (χ1) is 15.7. The molecule has 3 rings (SSSR count). The van der Waals surface area contributed by atoms with Gasteiger partial charge in [0, 0.05) is 18.5 Å². The van der Waals surface area contributed by atoms with Gasteiger partial charge in [-0.15, -0.1) is 0 Å². The van der Waals surface area contributed by atoms with Gasteiger partial charge in [-0.1, -0.05) is 38.4 Å². The Hall–Kier alpha value is -3.47. The number of amides is 4. The van der Waals surface area contributed by atoms with Crippen LogP contribution in [-0.2, 0) is 37.1 Å². The van der Waals surface area contributed by atoms with E-state index >= 15 is 0 Å². The van der Waals surface area contributed by atoms with Crippen molar-refractivity contribution < 1.29 is 28.3 Å². The summed E-state index contributed by atoms with van der Waals surface area (Å²) in [5.41, 5.74) is -0.746. The summed E-state index contributed by atoms with van der Waals surface area (Å²) in [6.07, 6.45) is 0. The van der Waals surface area contributed by atoms with Gasteiger partial charge < -0.3 is 15.4 Å². The molecular formula is C22H25ClFN5O5. The molecule has 1 atom stereocenters. The van der Waals surface area contributed by atoms with Crippen LogP contribution in [0.4, 0.5) is 15.0 Å². The molecule has 1 aromatic carbocycles. The number of anilines is 1. The van der Waals surface area contributed by atoms with Crippen LogP contribution < -0.4 is 10.6 Å². The van der Waals surface area contributed by atoms with E-state index in [2.05, 4.69) is 15.7 Å². The van der Waals surface area contributed by atoms with Crippen LogP contribution >= 0.6 is 11.6 Å². The molecule has 182 valence electrons. The number of urea groups is 1. The van der Waals surface area contributed by atoms with E-state index in [0.717, 1.165) is 11.8 Å². The minimum Gasteiger partial charge on any atom is -0.454 e. The maximum atomic E-state index is 13.5. The molecule has 1 fully saturated rings. The van der Waals surface area contributed by atoms with Gasteiger partial charge >= 0.3 is 12.0 Å². The molecule has 4 amide bonds. The second-order valence-corrected chi connectivity index (χ2v) is 9.48. The third-order valence-corrected chi connectivity index (χ3v) is 5.63. The van der Waals surface area contributed by atoms with Crippen molar-refractivity contribution in [3.8, 4) is 0 Å². The molecule has 0 aliphatic carbocycles. The van der Waals surface area contributed by atoms with Crippen molar-refractivity contribution in [3.05, 3.63) is 46.4 Å². The molecule has 10 nitrogen and oxygen atoms in total. The summed E-state index contributed by atoms with van der Waals surface area (Å²) in [6.45, 7) is 6.03. The standard InChI is InChI=1S/C22H25ClFN5O5/c1-21(2,3)15-9-16(28(5)27-15)25-17(30)11-34-18(31)10-29-19(32)22(4,26-20(29)33)12-6-7-14(24)13(23)8-12/h6-9H,10-11H2,1-5H3,(H,25,30)(H,26,33). The molecule has 1 aliphatic rings. The number of carbonyl (C=O) groups excluding carboxylic acids is 4. The number of hydrogen-bond donors (Lipinski definition) is 2. The van der Waals surface area contributed by atoms with Crippen molar-refractivity contribution in [2.45, 2.75) is 38.6 Å². The van der Waals surface area contributed by atoms with Crippen LogP contribution in [0.1, 0.15) is 39.0 Å². The number of benzene rings is 1. The zero-order valence-electron chi connectivity index (χ0n) is 19.4. The minimum atomic E-state index is -1.55. The number of rotatable bonds is 6. The Balaban J connectivity index is 1.59. The Morgan fingerprint density at radius 1 is 1.26 bits per heavy atom. The van der Waals surface area contributed by atoms with Crippen molar-refractivity contribution >= 4 is 41.2 Å². The fourth-order valence-corrected chi connectivity index (χ4v) is 3.47. The Bertz CT molecular complexity index is 1170. The minimum absolute atomic E-state index is 0.215. The number of nitrogens with zero attached hydrogens (tertiary/aromatic N) is 3. The summed E-state index contributed by atoms with van der Waals surface area (Å²) in [7, 11) is 1.67. The first-order valence-corrected chi connectivity index (χ1v) is 10.7. The van der Waals surface area contributed by atoms with Crippen LogP contribution in [0.2, 0.25) is 5.02 Å². The third-order valence-electron chi connectivity index (χ3n) is 5.34. The molecule has 2 aromatic rings. The first-order valence-electron chi connectivity index (χ1n) is 10.3. The molecule has 1 saturated heterocycles. The van der Waals surface area contributed by atoms with Crippen molar-refractivity contribution in [2.75, 3.05) is 18.5 Å². The van der Waals surface area contributed by atoms with Crippen LogP contribution in [-0.4, -0.2) is 51.6 Å². The second kappa shape index (κ2) is 9.05. The van der Waals surface area contributed by atoms with Gasteiger partial charge in [0.15, 0.2) is 6.61 Å². The smallest absolute Gasteiger partial charge is 0.326 e. The molecule has 0 radical (unpaired) electrons. The summed E-state index contributed by atoms with van der Waals surface area (Å²) in [5.74, 6) is -2.56. The highest BCUT2D eigenvalue weighted by Gasteiger charge is 2.49. The van der Waals surface area contributed by atoms with E-state index in [4.69, 9.17) is 16.3 Å². The topological polar surface area (TPSA) is 123 Å². The quantitative estimate of drug-likeness (QED) is 0.471. The van der Waals surface area contributed by atoms with Crippen LogP contribution in [0, 0.1) is 5.82 Å². The molecule has 0 saturated carbocycles. The predicted octanol–water partition coefficient (Wildman–Crippen LogP) is 2.46. The van der Waals surface area contributed by atoms with Crippen LogP contribution in [0.5, 0.6) is 0 Å². The molecule has 1 unspecified atom stereocenters. The second-order valence-electron chi connectivity index (χ2n) is 9.07. The maximum absolute atomic E-state index is 13.5. The predicted molar refractivity (Wildman–Crippen MR) is 121 cm³/mol. The SMILES string of the molecule is Cn1nc(C(C)(C)C)cc1NC(=O)COC(=O)CN1C(=O)NC(C)(c2ccc(F)c(Cl)c2)C1=O. The number of nitrogens with one attached hydrogen (secondary N) is 2. The molecule has 0 bridgehead atoms. The van der Waals surface area contributed by atoms with Crippen molar-refractivity contribution in [1.82, 2.24) is 20.0 Å². The average molecular weight is 494 g/mol. The summed E-state index contributed by atoms with van der Waals surface area (Å²) < 4.78 is 19.9. The number of halogens is 2. The van der Waals surface area contributed by atoms with Crippen molar-refractivity contribution in [2.24, 2.45) is 7.05 Å². The number of imide groups is 1. The molecule has 2 heterocycles. The lowest BCUT2D eigenvalue weighted by molar-refractivity contribution is -0.150. The van der Waals surface area contributed by atoms with Gasteiger partial charge in [-0.3, -0.25) is 24.0 Å². The average Bonchev–Trinajstić information content (AvgIpc) is 3.21. The zero-order valence-corrected chi connectivity index (χ0v) is 20.1. The molecular weight excluding hydrogens is 469 g/mol. The summed E-state index contributed by atoms with van der Waals surface area (Å²) in [6, 6.07) is 4.50. The van der Waals surface area contributed by atoms with Crippen LogP contribution in [0.15, 0.2) is 24.3 Å². The van der Waals surface area contributed by atoms with Gasteiger partial charge in [0.2, 0.25) is 0 Å². The Labute approximate surface area is 200 Å².